The molecule has 0 heterocycles. The zero-order valence-corrected chi connectivity index (χ0v) is 16.1. The smallest absolute Gasteiger partial charge is 0.243 e. The number of benzene rings is 1. The highest BCUT2D eigenvalue weighted by Gasteiger charge is 2.24. The molecule has 9 heteroatoms. The van der Waals surface area contributed by atoms with Crippen LogP contribution in [0.4, 0.5) is 0 Å². The highest BCUT2D eigenvalue weighted by atomic mass is 16.2. The van der Waals surface area contributed by atoms with Crippen molar-refractivity contribution < 1.29 is 14.4 Å². The summed E-state index contributed by atoms with van der Waals surface area (Å²) in [5, 5.41) is 5.30. The van der Waals surface area contributed by atoms with Crippen LogP contribution in [0.1, 0.15) is 31.7 Å². The molecule has 0 saturated carbocycles. The van der Waals surface area contributed by atoms with Crippen molar-refractivity contribution >= 4 is 24.1 Å². The molecule has 3 atom stereocenters. The van der Waals surface area contributed by atoms with Crippen molar-refractivity contribution in [2.45, 2.75) is 50.7 Å². The molecule has 1 aromatic rings. The second-order valence-electron chi connectivity index (χ2n) is 6.47. The Labute approximate surface area is 165 Å². The third-order valence-electron chi connectivity index (χ3n) is 4.14. The van der Waals surface area contributed by atoms with Crippen molar-refractivity contribution in [3.8, 4) is 0 Å². The van der Waals surface area contributed by atoms with Crippen molar-refractivity contribution in [1.82, 2.24) is 10.6 Å². The van der Waals surface area contributed by atoms with Crippen molar-refractivity contribution in [3.63, 3.8) is 0 Å². The van der Waals surface area contributed by atoms with Crippen LogP contribution in [0.15, 0.2) is 35.3 Å². The van der Waals surface area contributed by atoms with Crippen LogP contribution in [0, 0.1) is 0 Å². The van der Waals surface area contributed by atoms with Crippen molar-refractivity contribution in [2.75, 3.05) is 6.54 Å². The standard InChI is InChI=1S/C19H30N6O3/c1-2-16(25-17(27)15(20)9-6-10-23-19(21)22)18(28)24-14(12-26)11-13-7-4-3-5-8-13/h3-5,7-8,12,14-16H,2,6,9-11,20H2,1H3,(H,24,28)(H,25,27)(H4,21,22,23)/t14-,15+,16+/m1/s1. The first-order chi connectivity index (χ1) is 13.4. The minimum Gasteiger partial charge on any atom is -0.370 e. The van der Waals surface area contributed by atoms with E-state index in [9.17, 15) is 14.4 Å². The Kier molecular flexibility index (Phi) is 10.3. The number of aldehydes is 1. The van der Waals surface area contributed by atoms with Gasteiger partial charge in [0.05, 0.1) is 12.1 Å². The minimum atomic E-state index is -0.776. The monoisotopic (exact) mass is 390 g/mol. The van der Waals surface area contributed by atoms with Gasteiger partial charge in [-0.3, -0.25) is 14.6 Å². The minimum absolute atomic E-state index is 0.0130. The summed E-state index contributed by atoms with van der Waals surface area (Å²) in [5.41, 5.74) is 17.3. The zero-order valence-electron chi connectivity index (χ0n) is 16.1. The molecule has 0 saturated heterocycles. The van der Waals surface area contributed by atoms with E-state index in [1.807, 2.05) is 30.3 Å². The van der Waals surface area contributed by atoms with Crippen LogP contribution in [0.5, 0.6) is 0 Å². The fraction of sp³-hybridized carbons (Fsp3) is 0.474. The van der Waals surface area contributed by atoms with E-state index in [1.165, 1.54) is 0 Å². The summed E-state index contributed by atoms with van der Waals surface area (Å²) in [7, 11) is 0. The van der Waals surface area contributed by atoms with Crippen molar-refractivity contribution in [3.05, 3.63) is 35.9 Å². The molecule has 0 aliphatic rings. The highest BCUT2D eigenvalue weighted by molar-refractivity contribution is 5.90. The number of hydrogen-bond acceptors (Lipinski definition) is 5. The number of nitrogens with two attached hydrogens (primary N) is 3. The summed E-state index contributed by atoms with van der Waals surface area (Å²) in [6.45, 7) is 2.14. The SMILES string of the molecule is CC[C@H](NC(=O)[C@@H](N)CCCN=C(N)N)C(=O)N[C@@H](C=O)Cc1ccccc1. The third-order valence-corrected chi connectivity index (χ3v) is 4.14. The Hall–Kier alpha value is -2.94. The maximum atomic E-state index is 12.5. The third kappa shape index (κ3) is 8.63. The normalized spacial score (nSPS) is 13.6. The van der Waals surface area contributed by atoms with Gasteiger partial charge in [0.1, 0.15) is 12.3 Å². The van der Waals surface area contributed by atoms with Gasteiger partial charge in [0.25, 0.3) is 0 Å². The summed E-state index contributed by atoms with van der Waals surface area (Å²) in [5.74, 6) is -0.866. The van der Waals surface area contributed by atoms with Crippen LogP contribution in [0.2, 0.25) is 0 Å². The summed E-state index contributed by atoms with van der Waals surface area (Å²) >= 11 is 0. The molecule has 154 valence electrons. The molecule has 9 nitrogen and oxygen atoms in total. The van der Waals surface area contributed by atoms with Gasteiger partial charge in [-0.05, 0) is 31.2 Å². The van der Waals surface area contributed by atoms with Crippen molar-refractivity contribution in [1.29, 1.82) is 0 Å². The maximum Gasteiger partial charge on any atom is 0.243 e. The predicted octanol–water partition coefficient (Wildman–Crippen LogP) is -0.811. The van der Waals surface area contributed by atoms with Crippen LogP contribution in [-0.2, 0) is 20.8 Å². The fourth-order valence-corrected chi connectivity index (χ4v) is 2.57. The molecule has 28 heavy (non-hydrogen) atoms. The first-order valence-electron chi connectivity index (χ1n) is 9.28. The maximum absolute atomic E-state index is 12.5. The second kappa shape index (κ2) is 12.4. The molecule has 0 fully saturated rings. The van der Waals surface area contributed by atoms with E-state index in [2.05, 4.69) is 15.6 Å². The van der Waals surface area contributed by atoms with E-state index in [0.29, 0.717) is 38.5 Å². The summed E-state index contributed by atoms with van der Waals surface area (Å²) < 4.78 is 0. The Bertz CT molecular complexity index is 661. The van der Waals surface area contributed by atoms with Gasteiger partial charge in [0.15, 0.2) is 5.96 Å². The first kappa shape index (κ1) is 23.1. The number of nitrogens with one attached hydrogen (secondary N) is 2. The summed E-state index contributed by atoms with van der Waals surface area (Å²) in [4.78, 5) is 39.8. The topological polar surface area (TPSA) is 166 Å². The van der Waals surface area contributed by atoms with E-state index < -0.39 is 29.9 Å². The van der Waals surface area contributed by atoms with Gasteiger partial charge in [-0.25, -0.2) is 0 Å². The van der Waals surface area contributed by atoms with Gasteiger partial charge in [0.2, 0.25) is 11.8 Å². The zero-order chi connectivity index (χ0) is 20.9. The van der Waals surface area contributed by atoms with Crippen LogP contribution in [-0.4, -0.2) is 48.7 Å². The van der Waals surface area contributed by atoms with Crippen LogP contribution >= 0.6 is 0 Å². The largest absolute Gasteiger partial charge is 0.370 e. The molecule has 1 aromatic carbocycles. The molecule has 1 rings (SSSR count). The average Bonchev–Trinajstić information content (AvgIpc) is 2.68. The lowest BCUT2D eigenvalue weighted by Gasteiger charge is -2.21. The number of amides is 2. The molecule has 0 bridgehead atoms. The van der Waals surface area contributed by atoms with E-state index in [4.69, 9.17) is 17.2 Å². The van der Waals surface area contributed by atoms with Crippen molar-refractivity contribution in [2.24, 2.45) is 22.2 Å². The number of carbonyl (C=O) groups is 3. The molecular formula is C19H30N6O3. The van der Waals surface area contributed by atoms with Gasteiger partial charge < -0.3 is 32.6 Å². The van der Waals surface area contributed by atoms with Gasteiger partial charge >= 0.3 is 0 Å². The van der Waals surface area contributed by atoms with Crippen LogP contribution in [0.3, 0.4) is 0 Å². The highest BCUT2D eigenvalue weighted by Crippen LogP contribution is 2.03. The predicted molar refractivity (Wildman–Crippen MR) is 108 cm³/mol. The molecule has 0 aromatic heterocycles. The van der Waals surface area contributed by atoms with Crippen LogP contribution < -0.4 is 27.8 Å². The Morgan fingerprint density at radius 3 is 2.39 bits per heavy atom. The number of guanidine groups is 1. The summed E-state index contributed by atoms with van der Waals surface area (Å²) in [6.07, 6.45) is 2.36. The summed E-state index contributed by atoms with van der Waals surface area (Å²) in [6, 6.07) is 7.14. The Balaban J connectivity index is 2.53. The number of rotatable bonds is 12. The van der Waals surface area contributed by atoms with Crippen LogP contribution in [0.25, 0.3) is 0 Å². The number of aliphatic imine (C=N–C) groups is 1. The molecule has 2 amide bonds. The van der Waals surface area contributed by atoms with E-state index in [1.54, 1.807) is 6.92 Å². The molecule has 0 aliphatic heterocycles. The fourth-order valence-electron chi connectivity index (χ4n) is 2.57. The van der Waals surface area contributed by atoms with Gasteiger partial charge in [-0.15, -0.1) is 0 Å². The van der Waals surface area contributed by atoms with Gasteiger partial charge in [-0.1, -0.05) is 37.3 Å². The molecule has 8 N–H and O–H groups in total. The number of nitrogens with zero attached hydrogens (tertiary/aromatic N) is 1. The Morgan fingerprint density at radius 1 is 1.14 bits per heavy atom. The van der Waals surface area contributed by atoms with E-state index in [-0.39, 0.29) is 5.96 Å². The van der Waals surface area contributed by atoms with E-state index in [0.717, 1.165) is 5.56 Å². The molecule has 0 unspecified atom stereocenters. The molecular weight excluding hydrogens is 360 g/mol. The quantitative estimate of drug-likeness (QED) is 0.135. The second-order valence-corrected chi connectivity index (χ2v) is 6.47. The molecule has 0 radical (unpaired) electrons. The lowest BCUT2D eigenvalue weighted by Crippen LogP contribution is -2.53. The lowest BCUT2D eigenvalue weighted by molar-refractivity contribution is -0.130. The van der Waals surface area contributed by atoms with Gasteiger partial charge in [0, 0.05) is 6.54 Å². The molecule has 0 aliphatic carbocycles. The molecule has 0 spiro atoms. The number of carbonyl (C=O) groups excluding carboxylic acids is 3. The van der Waals surface area contributed by atoms with E-state index >= 15 is 0 Å². The van der Waals surface area contributed by atoms with Gasteiger partial charge in [-0.2, -0.15) is 0 Å². The lowest BCUT2D eigenvalue weighted by atomic mass is 10.1. The Morgan fingerprint density at radius 2 is 1.82 bits per heavy atom. The number of hydrogen-bond donors (Lipinski definition) is 5. The average molecular weight is 390 g/mol. The first-order valence-corrected chi connectivity index (χ1v) is 9.28.